The molecule has 1 aromatic rings. The Kier molecular flexibility index (Phi) is 3.59. The lowest BCUT2D eigenvalue weighted by atomic mass is 10.2. The Morgan fingerprint density at radius 1 is 1.33 bits per heavy atom. The van der Waals surface area contributed by atoms with Crippen molar-refractivity contribution in [2.24, 2.45) is 0 Å². The maximum atomic E-state index is 9.12. The van der Waals surface area contributed by atoms with E-state index in [2.05, 4.69) is 10.6 Å². The number of rotatable bonds is 4. The highest BCUT2D eigenvalue weighted by Crippen LogP contribution is 2.09. The van der Waals surface area contributed by atoms with Gasteiger partial charge in [0.25, 0.3) is 0 Å². The first-order chi connectivity index (χ1) is 7.34. The minimum Gasteiger partial charge on any atom is -0.508 e. The predicted molar refractivity (Wildman–Crippen MR) is 60.8 cm³/mol. The third kappa shape index (κ3) is 3.22. The number of hydrogen-bond acceptors (Lipinski definition) is 3. The summed E-state index contributed by atoms with van der Waals surface area (Å²) in [5.74, 6) is 0.330. The summed E-state index contributed by atoms with van der Waals surface area (Å²) in [4.78, 5) is 0. The molecular formula is C12H18N2O. The maximum absolute atomic E-state index is 9.12. The minimum atomic E-state index is 0.330. The van der Waals surface area contributed by atoms with Crippen molar-refractivity contribution in [1.82, 2.24) is 10.6 Å². The largest absolute Gasteiger partial charge is 0.508 e. The molecule has 0 spiro atoms. The molecular weight excluding hydrogens is 188 g/mol. The maximum Gasteiger partial charge on any atom is 0.115 e. The van der Waals surface area contributed by atoms with Crippen molar-refractivity contribution in [2.75, 3.05) is 13.1 Å². The van der Waals surface area contributed by atoms with E-state index in [-0.39, 0.29) is 0 Å². The first-order valence-electron chi connectivity index (χ1n) is 5.56. The molecule has 0 radical (unpaired) electrons. The summed E-state index contributed by atoms with van der Waals surface area (Å²) in [5.41, 5.74) is 1.21. The lowest BCUT2D eigenvalue weighted by Gasteiger charge is -2.11. The van der Waals surface area contributed by atoms with E-state index in [1.54, 1.807) is 12.1 Å². The first-order valence-corrected chi connectivity index (χ1v) is 5.56. The van der Waals surface area contributed by atoms with Gasteiger partial charge in [-0.2, -0.15) is 0 Å². The standard InChI is InChI=1S/C12H18N2O/c15-12-5-3-10(4-6-12)8-13-9-11-2-1-7-14-11/h3-6,11,13-15H,1-2,7-9H2. The molecule has 1 aromatic carbocycles. The van der Waals surface area contributed by atoms with E-state index < -0.39 is 0 Å². The van der Waals surface area contributed by atoms with Crippen molar-refractivity contribution >= 4 is 0 Å². The highest BCUT2D eigenvalue weighted by Gasteiger charge is 2.12. The van der Waals surface area contributed by atoms with E-state index in [0.29, 0.717) is 11.8 Å². The Morgan fingerprint density at radius 3 is 2.80 bits per heavy atom. The molecule has 0 bridgehead atoms. The second-order valence-corrected chi connectivity index (χ2v) is 4.09. The van der Waals surface area contributed by atoms with Crippen LogP contribution in [0.2, 0.25) is 0 Å². The Bertz CT molecular complexity index is 291. The molecule has 1 aliphatic heterocycles. The van der Waals surface area contributed by atoms with Crippen molar-refractivity contribution in [3.8, 4) is 5.75 Å². The average Bonchev–Trinajstić information content (AvgIpc) is 2.74. The fraction of sp³-hybridized carbons (Fsp3) is 0.500. The molecule has 1 unspecified atom stereocenters. The molecule has 1 heterocycles. The smallest absolute Gasteiger partial charge is 0.115 e. The molecule has 0 aliphatic carbocycles. The molecule has 0 aromatic heterocycles. The summed E-state index contributed by atoms with van der Waals surface area (Å²) < 4.78 is 0. The van der Waals surface area contributed by atoms with E-state index in [0.717, 1.165) is 19.6 Å². The van der Waals surface area contributed by atoms with Gasteiger partial charge in [-0.3, -0.25) is 0 Å². The van der Waals surface area contributed by atoms with Crippen LogP contribution in [0.15, 0.2) is 24.3 Å². The van der Waals surface area contributed by atoms with Crippen LogP contribution in [0.1, 0.15) is 18.4 Å². The van der Waals surface area contributed by atoms with Crippen molar-refractivity contribution in [2.45, 2.75) is 25.4 Å². The van der Waals surface area contributed by atoms with Crippen LogP contribution in [-0.2, 0) is 6.54 Å². The van der Waals surface area contributed by atoms with E-state index in [1.165, 1.54) is 18.4 Å². The molecule has 0 saturated carbocycles. The van der Waals surface area contributed by atoms with Gasteiger partial charge in [-0.15, -0.1) is 0 Å². The number of benzene rings is 1. The Balaban J connectivity index is 1.71. The van der Waals surface area contributed by atoms with Crippen molar-refractivity contribution in [3.63, 3.8) is 0 Å². The van der Waals surface area contributed by atoms with Gasteiger partial charge in [0.2, 0.25) is 0 Å². The van der Waals surface area contributed by atoms with Crippen molar-refractivity contribution in [3.05, 3.63) is 29.8 Å². The zero-order chi connectivity index (χ0) is 10.5. The Morgan fingerprint density at radius 2 is 2.13 bits per heavy atom. The number of nitrogens with one attached hydrogen (secondary N) is 2. The normalized spacial score (nSPS) is 20.7. The second kappa shape index (κ2) is 5.14. The van der Waals surface area contributed by atoms with Crippen LogP contribution in [0, 0.1) is 0 Å². The summed E-state index contributed by atoms with van der Waals surface area (Å²) in [6.07, 6.45) is 2.58. The van der Waals surface area contributed by atoms with Gasteiger partial charge in [-0.25, -0.2) is 0 Å². The molecule has 82 valence electrons. The predicted octanol–water partition coefficient (Wildman–Crippen LogP) is 1.23. The minimum absolute atomic E-state index is 0.330. The van der Waals surface area contributed by atoms with Gasteiger partial charge in [0, 0.05) is 19.1 Å². The third-order valence-electron chi connectivity index (χ3n) is 2.82. The molecule has 15 heavy (non-hydrogen) atoms. The molecule has 3 heteroatoms. The van der Waals surface area contributed by atoms with E-state index in [4.69, 9.17) is 5.11 Å². The summed E-state index contributed by atoms with van der Waals surface area (Å²) in [6.45, 7) is 3.06. The topological polar surface area (TPSA) is 44.3 Å². The van der Waals surface area contributed by atoms with Gasteiger partial charge >= 0.3 is 0 Å². The fourth-order valence-corrected chi connectivity index (χ4v) is 1.94. The van der Waals surface area contributed by atoms with E-state index in [9.17, 15) is 0 Å². The third-order valence-corrected chi connectivity index (χ3v) is 2.82. The summed E-state index contributed by atoms with van der Waals surface area (Å²) >= 11 is 0. The summed E-state index contributed by atoms with van der Waals surface area (Å²) in [7, 11) is 0. The number of hydrogen-bond donors (Lipinski definition) is 3. The number of phenols is 1. The molecule has 1 aliphatic rings. The quantitative estimate of drug-likeness (QED) is 0.694. The summed E-state index contributed by atoms with van der Waals surface area (Å²) in [5, 5.41) is 16.0. The molecule has 1 fully saturated rings. The van der Waals surface area contributed by atoms with Gasteiger partial charge in [0.15, 0.2) is 0 Å². The number of aromatic hydroxyl groups is 1. The lowest BCUT2D eigenvalue weighted by Crippen LogP contribution is -2.33. The zero-order valence-corrected chi connectivity index (χ0v) is 8.87. The molecule has 0 amide bonds. The van der Waals surface area contributed by atoms with Gasteiger partial charge in [-0.1, -0.05) is 12.1 Å². The molecule has 1 saturated heterocycles. The van der Waals surface area contributed by atoms with Gasteiger partial charge in [0.1, 0.15) is 5.75 Å². The molecule has 2 rings (SSSR count). The average molecular weight is 206 g/mol. The highest BCUT2D eigenvalue weighted by atomic mass is 16.3. The van der Waals surface area contributed by atoms with Crippen LogP contribution in [0.5, 0.6) is 5.75 Å². The lowest BCUT2D eigenvalue weighted by molar-refractivity contribution is 0.474. The van der Waals surface area contributed by atoms with Crippen LogP contribution >= 0.6 is 0 Å². The van der Waals surface area contributed by atoms with Crippen molar-refractivity contribution in [1.29, 1.82) is 0 Å². The molecule has 3 N–H and O–H groups in total. The Labute approximate surface area is 90.5 Å². The molecule has 3 nitrogen and oxygen atoms in total. The molecule has 1 atom stereocenters. The first kappa shape index (κ1) is 10.5. The van der Waals surface area contributed by atoms with Gasteiger partial charge < -0.3 is 15.7 Å². The zero-order valence-electron chi connectivity index (χ0n) is 8.87. The van der Waals surface area contributed by atoms with Crippen molar-refractivity contribution < 1.29 is 5.11 Å². The monoisotopic (exact) mass is 206 g/mol. The van der Waals surface area contributed by atoms with E-state index in [1.807, 2.05) is 12.1 Å². The number of phenolic OH excluding ortho intramolecular Hbond substituents is 1. The highest BCUT2D eigenvalue weighted by molar-refractivity contribution is 5.25. The van der Waals surface area contributed by atoms with Crippen LogP contribution < -0.4 is 10.6 Å². The van der Waals surface area contributed by atoms with Crippen LogP contribution in [0.4, 0.5) is 0 Å². The summed E-state index contributed by atoms with van der Waals surface area (Å²) in [6, 6.07) is 7.99. The van der Waals surface area contributed by atoms with Gasteiger partial charge in [-0.05, 0) is 37.1 Å². The fourth-order valence-electron chi connectivity index (χ4n) is 1.94. The Hall–Kier alpha value is -1.06. The van der Waals surface area contributed by atoms with Gasteiger partial charge in [0.05, 0.1) is 0 Å². The van der Waals surface area contributed by atoms with Crippen LogP contribution in [0.3, 0.4) is 0 Å². The van der Waals surface area contributed by atoms with Crippen LogP contribution in [-0.4, -0.2) is 24.2 Å². The van der Waals surface area contributed by atoms with Crippen LogP contribution in [0.25, 0.3) is 0 Å². The SMILES string of the molecule is Oc1ccc(CNCC2CCCN2)cc1. The second-order valence-electron chi connectivity index (χ2n) is 4.09. The van der Waals surface area contributed by atoms with E-state index >= 15 is 0 Å².